The van der Waals surface area contributed by atoms with Gasteiger partial charge in [-0.15, -0.1) is 10.2 Å². The highest BCUT2D eigenvalue weighted by atomic mass is 15.3. The van der Waals surface area contributed by atoms with Gasteiger partial charge in [-0.2, -0.15) is 5.10 Å². The lowest BCUT2D eigenvalue weighted by atomic mass is 10.1. The van der Waals surface area contributed by atoms with Crippen molar-refractivity contribution in [1.82, 2.24) is 24.5 Å². The van der Waals surface area contributed by atoms with Gasteiger partial charge in [0.15, 0.2) is 0 Å². The van der Waals surface area contributed by atoms with Crippen LogP contribution in [0.1, 0.15) is 24.4 Å². The van der Waals surface area contributed by atoms with E-state index in [1.807, 2.05) is 23.0 Å². The number of hydrogen-bond acceptors (Lipinski definition) is 3. The second-order valence-corrected chi connectivity index (χ2v) is 4.76. The molecular formula is C15H17N5. The van der Waals surface area contributed by atoms with Crippen LogP contribution in [-0.4, -0.2) is 24.5 Å². The zero-order valence-corrected chi connectivity index (χ0v) is 11.4. The lowest BCUT2D eigenvalue weighted by molar-refractivity contribution is 0.550. The molecule has 1 atom stereocenters. The monoisotopic (exact) mass is 267 g/mol. The molecule has 0 aliphatic carbocycles. The van der Waals surface area contributed by atoms with E-state index >= 15 is 0 Å². The Bertz CT molecular complexity index is 642. The van der Waals surface area contributed by atoms with E-state index in [1.165, 1.54) is 5.56 Å². The number of hydrogen-bond donors (Lipinski definition) is 0. The topological polar surface area (TPSA) is 48.5 Å². The Morgan fingerprint density at radius 2 is 2.00 bits per heavy atom. The summed E-state index contributed by atoms with van der Waals surface area (Å²) in [5, 5.41) is 12.5. The van der Waals surface area contributed by atoms with Crippen molar-refractivity contribution in [1.29, 1.82) is 0 Å². The highest BCUT2D eigenvalue weighted by Gasteiger charge is 2.12. The van der Waals surface area contributed by atoms with Crippen molar-refractivity contribution >= 4 is 0 Å². The molecule has 0 saturated carbocycles. The summed E-state index contributed by atoms with van der Waals surface area (Å²) in [7, 11) is 0. The summed E-state index contributed by atoms with van der Waals surface area (Å²) in [6.45, 7) is 2.98. The lowest BCUT2D eigenvalue weighted by Gasteiger charge is -2.15. The van der Waals surface area contributed by atoms with Gasteiger partial charge in [0, 0.05) is 25.4 Å². The van der Waals surface area contributed by atoms with Gasteiger partial charge in [0.1, 0.15) is 12.2 Å². The highest BCUT2D eigenvalue weighted by Crippen LogP contribution is 2.18. The Balaban J connectivity index is 1.76. The van der Waals surface area contributed by atoms with Crippen LogP contribution in [0.5, 0.6) is 0 Å². The fraction of sp³-hybridized carbons (Fsp3) is 0.267. The number of benzene rings is 1. The molecule has 1 unspecified atom stereocenters. The van der Waals surface area contributed by atoms with E-state index in [9.17, 15) is 0 Å². The summed E-state index contributed by atoms with van der Waals surface area (Å²) in [5.41, 5.74) is 1.26. The van der Waals surface area contributed by atoms with Crippen molar-refractivity contribution in [2.75, 3.05) is 0 Å². The summed E-state index contributed by atoms with van der Waals surface area (Å²) in [6.07, 6.45) is 6.37. The predicted octanol–water partition coefficient (Wildman–Crippen LogP) is 2.33. The van der Waals surface area contributed by atoms with Gasteiger partial charge in [0.2, 0.25) is 0 Å². The predicted molar refractivity (Wildman–Crippen MR) is 76.2 cm³/mol. The molecule has 0 aliphatic rings. The quantitative estimate of drug-likeness (QED) is 0.713. The molecule has 0 N–H and O–H groups in total. The zero-order chi connectivity index (χ0) is 13.8. The van der Waals surface area contributed by atoms with Crippen LogP contribution in [0.25, 0.3) is 0 Å². The molecule has 0 bridgehead atoms. The van der Waals surface area contributed by atoms with Gasteiger partial charge in [0.25, 0.3) is 0 Å². The normalized spacial score (nSPS) is 12.4. The third-order valence-corrected chi connectivity index (χ3v) is 3.47. The van der Waals surface area contributed by atoms with Gasteiger partial charge in [-0.25, -0.2) is 0 Å². The molecule has 5 nitrogen and oxygen atoms in total. The maximum atomic E-state index is 4.23. The Hall–Kier alpha value is -2.43. The average molecular weight is 267 g/mol. The molecule has 0 saturated heterocycles. The minimum atomic E-state index is 0.235. The molecule has 0 aliphatic heterocycles. The summed E-state index contributed by atoms with van der Waals surface area (Å²) in [6, 6.07) is 12.6. The second kappa shape index (κ2) is 5.69. The van der Waals surface area contributed by atoms with Crippen LogP contribution in [0.4, 0.5) is 0 Å². The Morgan fingerprint density at radius 3 is 2.75 bits per heavy atom. The van der Waals surface area contributed by atoms with Crippen LogP contribution in [0.3, 0.4) is 0 Å². The summed E-state index contributed by atoms with van der Waals surface area (Å²) < 4.78 is 4.03. The number of aromatic nitrogens is 5. The lowest BCUT2D eigenvalue weighted by Crippen LogP contribution is -2.12. The number of rotatable bonds is 5. The molecule has 1 aromatic carbocycles. The number of aryl methyl sites for hydroxylation is 2. The smallest absolute Gasteiger partial charge is 0.135 e. The van der Waals surface area contributed by atoms with Gasteiger partial charge in [0.05, 0.1) is 6.04 Å². The molecule has 0 amide bonds. The van der Waals surface area contributed by atoms with E-state index in [-0.39, 0.29) is 6.04 Å². The van der Waals surface area contributed by atoms with Crippen LogP contribution in [0.15, 0.2) is 55.1 Å². The van der Waals surface area contributed by atoms with E-state index in [0.29, 0.717) is 0 Å². The van der Waals surface area contributed by atoms with Crippen LogP contribution in [-0.2, 0) is 13.0 Å². The van der Waals surface area contributed by atoms with Crippen LogP contribution in [0.2, 0.25) is 0 Å². The van der Waals surface area contributed by atoms with Gasteiger partial charge < -0.3 is 4.57 Å². The second-order valence-electron chi connectivity index (χ2n) is 4.76. The fourth-order valence-electron chi connectivity index (χ4n) is 2.31. The fourth-order valence-corrected chi connectivity index (χ4v) is 2.31. The van der Waals surface area contributed by atoms with Gasteiger partial charge in [-0.1, -0.05) is 30.3 Å². The van der Waals surface area contributed by atoms with E-state index in [1.54, 1.807) is 12.5 Å². The molecule has 20 heavy (non-hydrogen) atoms. The van der Waals surface area contributed by atoms with E-state index < -0.39 is 0 Å². The van der Waals surface area contributed by atoms with Crippen LogP contribution < -0.4 is 0 Å². The summed E-state index contributed by atoms with van der Waals surface area (Å²) in [5.74, 6) is 0.983. The molecule has 0 fully saturated rings. The van der Waals surface area contributed by atoms with Gasteiger partial charge in [-0.05, 0) is 18.6 Å². The number of nitrogens with zero attached hydrogens (tertiary/aromatic N) is 5. The van der Waals surface area contributed by atoms with E-state index in [2.05, 4.69) is 51.1 Å². The Kier molecular flexibility index (Phi) is 3.58. The van der Waals surface area contributed by atoms with E-state index in [0.717, 1.165) is 18.8 Å². The van der Waals surface area contributed by atoms with Crippen molar-refractivity contribution < 1.29 is 0 Å². The highest BCUT2D eigenvalue weighted by molar-refractivity contribution is 5.19. The molecule has 5 heteroatoms. The summed E-state index contributed by atoms with van der Waals surface area (Å²) in [4.78, 5) is 0. The minimum Gasteiger partial charge on any atom is -0.310 e. The first-order valence-electron chi connectivity index (χ1n) is 6.75. The first-order chi connectivity index (χ1) is 9.84. The SMILES string of the molecule is CC(c1ccccc1)n1cnnc1CCn1cccn1. The molecule has 3 rings (SSSR count). The van der Waals surface area contributed by atoms with Crippen molar-refractivity contribution in [3.05, 3.63) is 66.5 Å². The first kappa shape index (κ1) is 12.6. The molecular weight excluding hydrogens is 250 g/mol. The van der Waals surface area contributed by atoms with Crippen molar-refractivity contribution in [2.45, 2.75) is 25.9 Å². The van der Waals surface area contributed by atoms with Gasteiger partial charge in [-0.3, -0.25) is 4.68 Å². The first-order valence-corrected chi connectivity index (χ1v) is 6.75. The van der Waals surface area contributed by atoms with Crippen molar-refractivity contribution in [3.8, 4) is 0 Å². The molecule has 102 valence electrons. The van der Waals surface area contributed by atoms with Crippen LogP contribution in [0, 0.1) is 0 Å². The van der Waals surface area contributed by atoms with Gasteiger partial charge >= 0.3 is 0 Å². The molecule has 2 heterocycles. The maximum Gasteiger partial charge on any atom is 0.135 e. The molecule has 2 aromatic heterocycles. The third-order valence-electron chi connectivity index (χ3n) is 3.47. The van der Waals surface area contributed by atoms with Crippen molar-refractivity contribution in [3.63, 3.8) is 0 Å². The molecule has 0 radical (unpaired) electrons. The molecule has 3 aromatic rings. The molecule has 0 spiro atoms. The largest absolute Gasteiger partial charge is 0.310 e. The summed E-state index contributed by atoms with van der Waals surface area (Å²) >= 11 is 0. The van der Waals surface area contributed by atoms with E-state index in [4.69, 9.17) is 0 Å². The standard InChI is InChI=1S/C15H17N5/c1-13(14-6-3-2-4-7-14)20-12-16-18-15(20)8-11-19-10-5-9-17-19/h2-7,9-10,12-13H,8,11H2,1H3. The Labute approximate surface area is 117 Å². The zero-order valence-electron chi connectivity index (χ0n) is 11.4. The van der Waals surface area contributed by atoms with Crippen molar-refractivity contribution in [2.24, 2.45) is 0 Å². The van der Waals surface area contributed by atoms with Crippen LogP contribution >= 0.6 is 0 Å². The minimum absolute atomic E-state index is 0.235. The Morgan fingerprint density at radius 1 is 1.15 bits per heavy atom. The third kappa shape index (κ3) is 2.61. The average Bonchev–Trinajstić information content (AvgIpc) is 3.16. The maximum absolute atomic E-state index is 4.23.